The summed E-state index contributed by atoms with van der Waals surface area (Å²) in [6.07, 6.45) is -3.09. The number of benzene rings is 1. The lowest BCUT2D eigenvalue weighted by Crippen LogP contribution is -2.39. The van der Waals surface area contributed by atoms with Gasteiger partial charge >= 0.3 is 12.3 Å². The van der Waals surface area contributed by atoms with Crippen LogP contribution in [0, 0.1) is 6.92 Å². The van der Waals surface area contributed by atoms with Crippen molar-refractivity contribution in [3.63, 3.8) is 0 Å². The molecule has 3 aromatic rings. The number of hydrogen-bond acceptors (Lipinski definition) is 7. The van der Waals surface area contributed by atoms with Crippen molar-refractivity contribution in [1.29, 1.82) is 0 Å². The number of aromatic nitrogens is 3. The fourth-order valence-electron chi connectivity index (χ4n) is 6.11. The van der Waals surface area contributed by atoms with E-state index < -0.39 is 75.7 Å². The third kappa shape index (κ3) is 7.68. The molecule has 2 fully saturated rings. The molecule has 0 bridgehead atoms. The molecule has 1 aromatic carbocycles. The number of nitrogens with zero attached hydrogens (tertiary/aromatic N) is 6. The third-order valence-corrected chi connectivity index (χ3v) is 10.2. The van der Waals surface area contributed by atoms with Crippen molar-refractivity contribution in [3.8, 4) is 11.1 Å². The number of carbonyl (C=O) groups excluding carboxylic acids is 2. The lowest BCUT2D eigenvalue weighted by molar-refractivity contribution is -0.140. The Bertz CT molecular complexity index is 1920. The summed E-state index contributed by atoms with van der Waals surface area (Å²) in [5.41, 5.74) is -2.03. The van der Waals surface area contributed by atoms with Crippen molar-refractivity contribution >= 4 is 39.1 Å². The summed E-state index contributed by atoms with van der Waals surface area (Å²) in [5, 5.41) is 15.9. The predicted octanol–water partition coefficient (Wildman–Crippen LogP) is 5.81. The number of carbonyl (C=O) groups is 3. The smallest absolute Gasteiger partial charge is 0.434 e. The Hall–Kier alpha value is -4.61. The first-order valence-corrected chi connectivity index (χ1v) is 17.2. The number of aryl methyl sites for hydroxylation is 1. The summed E-state index contributed by atoms with van der Waals surface area (Å²) in [4.78, 5) is 44.5. The molecule has 4 heterocycles. The second-order valence-corrected chi connectivity index (χ2v) is 14.4. The summed E-state index contributed by atoms with van der Waals surface area (Å²) in [5.74, 6) is -5.24. The van der Waals surface area contributed by atoms with E-state index in [4.69, 9.17) is 0 Å². The minimum atomic E-state index is -4.98. The molecule has 0 aliphatic carbocycles. The second kappa shape index (κ2) is 13.4. The van der Waals surface area contributed by atoms with Gasteiger partial charge in [0, 0.05) is 73.7 Å². The first-order chi connectivity index (χ1) is 22.9. The molecule has 5 rings (SSSR count). The summed E-state index contributed by atoms with van der Waals surface area (Å²) < 4.78 is 90.9. The highest BCUT2D eigenvalue weighted by molar-refractivity contribution is 7.93. The quantitative estimate of drug-likeness (QED) is 0.304. The van der Waals surface area contributed by atoms with Crippen LogP contribution < -0.4 is 10.2 Å². The van der Waals surface area contributed by atoms with Crippen LogP contribution >= 0.6 is 0 Å². The number of hydrogen-bond donors (Lipinski definition) is 2. The Balaban J connectivity index is 1.56. The third-order valence-electron chi connectivity index (χ3n) is 8.51. The molecule has 264 valence electrons. The van der Waals surface area contributed by atoms with Gasteiger partial charge in [0.2, 0.25) is 5.92 Å². The number of nitrogens with one attached hydrogen (secondary N) is 1. The highest BCUT2D eigenvalue weighted by Crippen LogP contribution is 2.42. The van der Waals surface area contributed by atoms with Crippen LogP contribution in [0.25, 0.3) is 11.1 Å². The Labute approximate surface area is 278 Å². The minimum Gasteiger partial charge on any atom is -0.465 e. The van der Waals surface area contributed by atoms with Gasteiger partial charge in [0.05, 0.1) is 21.5 Å². The lowest BCUT2D eigenvalue weighted by Gasteiger charge is -2.28. The molecule has 2 saturated heterocycles. The van der Waals surface area contributed by atoms with Gasteiger partial charge in [-0.3, -0.25) is 19.2 Å². The van der Waals surface area contributed by atoms with Crippen LogP contribution in [0.4, 0.5) is 38.3 Å². The first kappa shape index (κ1) is 35.7. The fourth-order valence-corrected chi connectivity index (χ4v) is 7.36. The molecule has 0 saturated carbocycles. The van der Waals surface area contributed by atoms with Crippen molar-refractivity contribution < 1.29 is 45.7 Å². The molecule has 2 atom stereocenters. The van der Waals surface area contributed by atoms with Crippen molar-refractivity contribution in [1.82, 2.24) is 19.7 Å². The molecule has 18 heteroatoms. The maximum atomic E-state index is 14.5. The van der Waals surface area contributed by atoms with E-state index in [-0.39, 0.29) is 59.7 Å². The highest BCUT2D eigenvalue weighted by atomic mass is 32.2. The van der Waals surface area contributed by atoms with Gasteiger partial charge in [-0.15, -0.1) is 0 Å². The van der Waals surface area contributed by atoms with E-state index >= 15 is 0 Å². The van der Waals surface area contributed by atoms with Gasteiger partial charge in [-0.2, -0.15) is 22.6 Å². The number of rotatable bonds is 6. The molecule has 2 aromatic heterocycles. The number of alkyl halides is 5. The van der Waals surface area contributed by atoms with E-state index in [1.165, 1.54) is 66.5 Å². The number of carboxylic acid groups (broad SMARTS) is 1. The SMILES string of the molecule is Cc1c(C(=O)Nc2cccc(S(C)(=O)=NC(=O)C3CCCN3C(=O)O)c2)c(N2CCCC(F)(F)CC2)nc(C(F)(F)F)c1-c1cnn(C)c1. The van der Waals surface area contributed by atoms with Crippen LogP contribution in [0.2, 0.25) is 0 Å². The van der Waals surface area contributed by atoms with Gasteiger partial charge in [-0.25, -0.2) is 22.8 Å². The average molecular weight is 712 g/mol. The monoisotopic (exact) mass is 711 g/mol. The molecule has 2 aliphatic heterocycles. The van der Waals surface area contributed by atoms with Gasteiger partial charge < -0.3 is 15.3 Å². The van der Waals surface area contributed by atoms with Crippen molar-refractivity contribution in [2.75, 3.05) is 36.1 Å². The number of halogens is 5. The first-order valence-electron chi connectivity index (χ1n) is 15.3. The van der Waals surface area contributed by atoms with E-state index in [0.717, 1.165) is 4.90 Å². The van der Waals surface area contributed by atoms with E-state index in [0.29, 0.717) is 6.42 Å². The Morgan fingerprint density at radius 1 is 1.12 bits per heavy atom. The Kier molecular flexibility index (Phi) is 9.73. The van der Waals surface area contributed by atoms with Gasteiger partial charge in [-0.1, -0.05) is 6.07 Å². The van der Waals surface area contributed by atoms with Crippen LogP contribution in [0.1, 0.15) is 53.7 Å². The van der Waals surface area contributed by atoms with Crippen molar-refractivity contribution in [2.24, 2.45) is 11.4 Å². The zero-order valence-corrected chi connectivity index (χ0v) is 27.6. The molecular weight excluding hydrogens is 677 g/mol. The van der Waals surface area contributed by atoms with Gasteiger partial charge in [0.25, 0.3) is 11.8 Å². The zero-order valence-electron chi connectivity index (χ0n) is 26.8. The van der Waals surface area contributed by atoms with Gasteiger partial charge in [0.1, 0.15) is 11.9 Å². The van der Waals surface area contributed by atoms with E-state index in [1.54, 1.807) is 0 Å². The number of likely N-dealkylation sites (tertiary alicyclic amines) is 1. The molecular formula is C31H34F5N7O5S. The second-order valence-electron chi connectivity index (χ2n) is 12.1. The van der Waals surface area contributed by atoms with E-state index in [1.807, 2.05) is 0 Å². The van der Waals surface area contributed by atoms with Crippen LogP contribution in [-0.4, -0.2) is 84.7 Å². The zero-order chi connectivity index (χ0) is 35.9. The van der Waals surface area contributed by atoms with Crippen molar-refractivity contribution in [2.45, 2.75) is 62.1 Å². The number of pyridine rings is 1. The number of anilines is 2. The van der Waals surface area contributed by atoms with Gasteiger partial charge in [0.15, 0.2) is 5.69 Å². The highest BCUT2D eigenvalue weighted by Gasteiger charge is 2.41. The number of amides is 3. The summed E-state index contributed by atoms with van der Waals surface area (Å²) in [7, 11) is -1.94. The summed E-state index contributed by atoms with van der Waals surface area (Å²) in [6, 6.07) is 4.43. The van der Waals surface area contributed by atoms with Crippen LogP contribution in [-0.2, 0) is 27.7 Å². The van der Waals surface area contributed by atoms with E-state index in [9.17, 15) is 45.7 Å². The topological polar surface area (TPSA) is 150 Å². The van der Waals surface area contributed by atoms with Gasteiger partial charge in [-0.05, 0) is 49.9 Å². The normalized spacial score (nSPS) is 19.2. The molecule has 0 spiro atoms. The van der Waals surface area contributed by atoms with Crippen LogP contribution in [0.5, 0.6) is 0 Å². The largest absolute Gasteiger partial charge is 0.465 e. The molecule has 12 nitrogen and oxygen atoms in total. The van der Waals surface area contributed by atoms with Crippen LogP contribution in [0.3, 0.4) is 0 Å². The maximum absolute atomic E-state index is 14.5. The molecule has 2 N–H and O–H groups in total. The predicted molar refractivity (Wildman–Crippen MR) is 169 cm³/mol. The molecule has 49 heavy (non-hydrogen) atoms. The summed E-state index contributed by atoms with van der Waals surface area (Å²) in [6.45, 7) is 1.02. The fraction of sp³-hybridized carbons (Fsp3) is 0.452. The van der Waals surface area contributed by atoms with Crippen molar-refractivity contribution in [3.05, 3.63) is 53.5 Å². The standard InChI is InChI=1S/C31H34F5N7O5S/c1-18-23(19-16-37-41(2)17-19)25(31(34,35)36)39-26(42-12-6-10-30(32,33)11-14-42)24(18)28(45)38-20-7-4-8-21(15-20)49(3,48)40-27(44)22-9-5-13-43(22)29(46)47/h4,7-8,15-17,22H,5-6,9-14H2,1-3H3,(H,38,45)(H,46,47). The molecule has 0 radical (unpaired) electrons. The minimum absolute atomic E-state index is 0.0202. The van der Waals surface area contributed by atoms with E-state index in [2.05, 4.69) is 19.8 Å². The Morgan fingerprint density at radius 3 is 2.51 bits per heavy atom. The lowest BCUT2D eigenvalue weighted by atomic mass is 9.95. The molecule has 2 aliphatic rings. The Morgan fingerprint density at radius 2 is 1.86 bits per heavy atom. The maximum Gasteiger partial charge on any atom is 0.434 e. The average Bonchev–Trinajstić information content (AvgIpc) is 3.63. The molecule has 2 unspecified atom stereocenters. The molecule has 3 amide bonds. The summed E-state index contributed by atoms with van der Waals surface area (Å²) >= 11 is 0. The van der Waals surface area contributed by atoms with Crippen LogP contribution in [0.15, 0.2) is 45.9 Å².